The maximum Gasteiger partial charge on any atom is 0.415 e. The highest BCUT2D eigenvalue weighted by molar-refractivity contribution is 7.92. The molecule has 36 heavy (non-hydrogen) atoms. The number of ether oxygens (including phenoxy) is 2. The molecule has 0 spiro atoms. The van der Waals surface area contributed by atoms with Gasteiger partial charge in [-0.25, -0.2) is 18.2 Å². The molecule has 192 valence electrons. The van der Waals surface area contributed by atoms with Gasteiger partial charge in [0, 0.05) is 6.54 Å². The molecule has 1 aromatic carbocycles. The van der Waals surface area contributed by atoms with Gasteiger partial charge in [0.15, 0.2) is 0 Å². The summed E-state index contributed by atoms with van der Waals surface area (Å²) in [5, 5.41) is 3.91. The number of rotatable bonds is 9. The minimum absolute atomic E-state index is 0.0602. The summed E-state index contributed by atoms with van der Waals surface area (Å²) in [6, 6.07) is 9.65. The van der Waals surface area contributed by atoms with Crippen molar-refractivity contribution in [3.8, 4) is 5.75 Å². The topological polar surface area (TPSA) is 115 Å². The zero-order chi connectivity index (χ0) is 26.0. The highest BCUT2D eigenvalue weighted by atomic mass is 32.2. The van der Waals surface area contributed by atoms with Crippen LogP contribution in [0.4, 0.5) is 16.3 Å². The van der Waals surface area contributed by atoms with Crippen molar-refractivity contribution in [1.82, 2.24) is 10.1 Å². The number of amides is 1. The normalized spacial score (nSPS) is 13.8. The van der Waals surface area contributed by atoms with E-state index in [-0.39, 0.29) is 24.0 Å². The highest BCUT2D eigenvalue weighted by Gasteiger charge is 2.29. The van der Waals surface area contributed by atoms with E-state index in [1.165, 1.54) is 21.3 Å². The lowest BCUT2D eigenvalue weighted by Gasteiger charge is -2.28. The van der Waals surface area contributed by atoms with Gasteiger partial charge in [-0.05, 0) is 63.1 Å². The number of anilines is 2. The van der Waals surface area contributed by atoms with Crippen molar-refractivity contribution in [2.24, 2.45) is 5.92 Å². The molecule has 11 heteroatoms. The number of hydrogen-bond donors (Lipinski definition) is 0. The number of benzene rings is 1. The second kappa shape index (κ2) is 10.2. The number of aryl methyl sites for hydroxylation is 3. The first-order valence-electron chi connectivity index (χ1n) is 11.7. The van der Waals surface area contributed by atoms with Crippen LogP contribution in [0.15, 0.2) is 45.8 Å². The molecule has 3 aromatic rings. The van der Waals surface area contributed by atoms with Gasteiger partial charge in [-0.2, -0.15) is 0 Å². The van der Waals surface area contributed by atoms with Gasteiger partial charge in [0.05, 0.1) is 34.1 Å². The van der Waals surface area contributed by atoms with E-state index in [2.05, 4.69) is 10.1 Å². The summed E-state index contributed by atoms with van der Waals surface area (Å²) >= 11 is 0. The Kier molecular flexibility index (Phi) is 7.21. The molecule has 10 nitrogen and oxygen atoms in total. The van der Waals surface area contributed by atoms with Crippen molar-refractivity contribution in [2.75, 3.05) is 28.9 Å². The maximum atomic E-state index is 13.7. The van der Waals surface area contributed by atoms with E-state index in [0.29, 0.717) is 41.9 Å². The fraction of sp³-hybridized carbons (Fsp3) is 0.400. The van der Waals surface area contributed by atoms with Crippen LogP contribution < -0.4 is 13.9 Å². The Balaban J connectivity index is 1.58. The number of hydrogen-bond acceptors (Lipinski definition) is 8. The van der Waals surface area contributed by atoms with E-state index in [9.17, 15) is 13.2 Å². The SMILES string of the molecule is Cc1nc(N2CCOC2=O)ccc1N(CC(C)C)S(=O)(=O)c1ccc(OCc2c(C)noc2C)cc1. The Morgan fingerprint density at radius 1 is 1.08 bits per heavy atom. The number of nitrogens with zero attached hydrogens (tertiary/aromatic N) is 4. The summed E-state index contributed by atoms with van der Waals surface area (Å²) in [6.07, 6.45) is -0.460. The summed E-state index contributed by atoms with van der Waals surface area (Å²) in [5.41, 5.74) is 2.57. The van der Waals surface area contributed by atoms with Crippen LogP contribution in [-0.2, 0) is 21.4 Å². The summed E-state index contributed by atoms with van der Waals surface area (Å²) in [7, 11) is -3.90. The third-order valence-corrected chi connectivity index (χ3v) is 7.65. The van der Waals surface area contributed by atoms with Crippen LogP contribution in [0.1, 0.15) is 36.6 Å². The number of pyridine rings is 1. The van der Waals surface area contributed by atoms with Crippen LogP contribution in [0.2, 0.25) is 0 Å². The van der Waals surface area contributed by atoms with E-state index in [1.54, 1.807) is 31.2 Å². The van der Waals surface area contributed by atoms with Crippen molar-refractivity contribution in [3.05, 3.63) is 59.1 Å². The van der Waals surface area contributed by atoms with Gasteiger partial charge in [-0.15, -0.1) is 0 Å². The van der Waals surface area contributed by atoms with E-state index < -0.39 is 16.1 Å². The zero-order valence-corrected chi connectivity index (χ0v) is 21.8. The van der Waals surface area contributed by atoms with Crippen LogP contribution in [0.25, 0.3) is 0 Å². The van der Waals surface area contributed by atoms with Crippen molar-refractivity contribution < 1.29 is 27.2 Å². The zero-order valence-electron chi connectivity index (χ0n) is 21.0. The first-order valence-corrected chi connectivity index (χ1v) is 13.1. The average molecular weight is 515 g/mol. The number of aromatic nitrogens is 2. The quantitative estimate of drug-likeness (QED) is 0.413. The Morgan fingerprint density at radius 3 is 2.36 bits per heavy atom. The fourth-order valence-corrected chi connectivity index (χ4v) is 5.59. The molecule has 0 radical (unpaired) electrons. The number of cyclic esters (lactones) is 1. The van der Waals surface area contributed by atoms with Gasteiger partial charge in [0.2, 0.25) is 0 Å². The van der Waals surface area contributed by atoms with Crippen LogP contribution in [0, 0.1) is 26.7 Å². The predicted octanol–water partition coefficient (Wildman–Crippen LogP) is 4.38. The van der Waals surface area contributed by atoms with Crippen LogP contribution >= 0.6 is 0 Å². The minimum Gasteiger partial charge on any atom is -0.489 e. The van der Waals surface area contributed by atoms with E-state index in [0.717, 1.165) is 11.3 Å². The molecule has 0 unspecified atom stereocenters. The van der Waals surface area contributed by atoms with E-state index in [1.807, 2.05) is 27.7 Å². The predicted molar refractivity (Wildman–Crippen MR) is 134 cm³/mol. The van der Waals surface area contributed by atoms with Gasteiger partial charge in [0.25, 0.3) is 10.0 Å². The molecule has 3 heterocycles. The largest absolute Gasteiger partial charge is 0.489 e. The lowest BCUT2D eigenvalue weighted by molar-refractivity contribution is 0.181. The van der Waals surface area contributed by atoms with Crippen molar-refractivity contribution in [3.63, 3.8) is 0 Å². The molecule has 4 rings (SSSR count). The molecular formula is C25H30N4O6S. The fourth-order valence-electron chi connectivity index (χ4n) is 3.91. The van der Waals surface area contributed by atoms with Crippen molar-refractivity contribution in [2.45, 2.75) is 46.1 Å². The van der Waals surface area contributed by atoms with Crippen molar-refractivity contribution >= 4 is 27.6 Å². The molecule has 1 fully saturated rings. The maximum absolute atomic E-state index is 13.7. The summed E-state index contributed by atoms with van der Waals surface area (Å²) in [4.78, 5) is 18.0. The molecule has 1 aliphatic heterocycles. The lowest BCUT2D eigenvalue weighted by atomic mass is 10.2. The number of carbonyl (C=O) groups excluding carboxylic acids is 1. The molecule has 1 saturated heterocycles. The van der Waals surface area contributed by atoms with E-state index in [4.69, 9.17) is 14.0 Å². The Bertz CT molecular complexity index is 1330. The molecule has 1 amide bonds. The molecule has 0 N–H and O–H groups in total. The van der Waals surface area contributed by atoms with E-state index >= 15 is 0 Å². The second-order valence-corrected chi connectivity index (χ2v) is 10.9. The average Bonchev–Trinajstić information content (AvgIpc) is 3.41. The Labute approximate surface area is 210 Å². The molecule has 0 atom stereocenters. The summed E-state index contributed by atoms with van der Waals surface area (Å²) in [6.45, 7) is 10.5. The molecule has 0 aliphatic carbocycles. The first-order chi connectivity index (χ1) is 17.1. The van der Waals surface area contributed by atoms with Gasteiger partial charge in [-0.3, -0.25) is 9.21 Å². The highest BCUT2D eigenvalue weighted by Crippen LogP contribution is 2.30. The van der Waals surface area contributed by atoms with Gasteiger partial charge >= 0.3 is 6.09 Å². The molecule has 1 aliphatic rings. The van der Waals surface area contributed by atoms with Crippen LogP contribution in [-0.4, -0.2) is 44.3 Å². The smallest absolute Gasteiger partial charge is 0.415 e. The molecule has 0 bridgehead atoms. The first kappa shape index (κ1) is 25.5. The van der Waals surface area contributed by atoms with Gasteiger partial charge < -0.3 is 14.0 Å². The third kappa shape index (κ3) is 5.15. The summed E-state index contributed by atoms with van der Waals surface area (Å²) in [5.74, 6) is 1.71. The lowest BCUT2D eigenvalue weighted by Crippen LogP contribution is -2.35. The summed E-state index contributed by atoms with van der Waals surface area (Å²) < 4.78 is 44.7. The molecule has 0 saturated carbocycles. The van der Waals surface area contributed by atoms with Crippen LogP contribution in [0.3, 0.4) is 0 Å². The standard InChI is InChI=1S/C25H30N4O6S/c1-16(2)14-29(23-10-11-24(26-18(23)4)28-12-13-33-25(28)30)36(31,32)21-8-6-20(7-9-21)34-15-22-17(3)27-35-19(22)5/h6-11,16H,12-15H2,1-5H3. The van der Waals surface area contributed by atoms with Gasteiger partial charge in [-0.1, -0.05) is 19.0 Å². The van der Waals surface area contributed by atoms with Crippen molar-refractivity contribution in [1.29, 1.82) is 0 Å². The second-order valence-electron chi connectivity index (χ2n) is 9.03. The molecule has 2 aromatic heterocycles. The number of carbonyl (C=O) groups is 1. The van der Waals surface area contributed by atoms with Gasteiger partial charge in [0.1, 0.15) is 30.5 Å². The minimum atomic E-state index is -3.90. The Hall–Kier alpha value is -3.60. The number of sulfonamides is 1. The Morgan fingerprint density at radius 2 is 1.81 bits per heavy atom. The molecular weight excluding hydrogens is 484 g/mol. The monoisotopic (exact) mass is 514 g/mol. The van der Waals surface area contributed by atoms with Crippen LogP contribution in [0.5, 0.6) is 5.75 Å². The third-order valence-electron chi connectivity index (χ3n) is 5.86.